The van der Waals surface area contributed by atoms with Crippen LogP contribution in [-0.4, -0.2) is 32.8 Å². The lowest BCUT2D eigenvalue weighted by Crippen LogP contribution is -2.42. The van der Waals surface area contributed by atoms with E-state index in [-0.39, 0.29) is 17.0 Å². The third-order valence-corrected chi connectivity index (χ3v) is 5.60. The summed E-state index contributed by atoms with van der Waals surface area (Å²) >= 11 is 6.00. The van der Waals surface area contributed by atoms with Gasteiger partial charge in [0, 0.05) is 36.3 Å². The normalized spacial score (nSPS) is 14.1. The fourth-order valence-electron chi connectivity index (χ4n) is 3.22. The molecule has 3 rings (SSSR count). The summed E-state index contributed by atoms with van der Waals surface area (Å²) in [5.41, 5.74) is -0.825. The van der Waals surface area contributed by atoms with Gasteiger partial charge in [-0.1, -0.05) is 44.5 Å². The largest absolute Gasteiger partial charge is 0.503 e. The maximum absolute atomic E-state index is 12.9. The Morgan fingerprint density at radius 3 is 2.61 bits per heavy atom. The number of hydrogen-bond donors (Lipinski definition) is 1. The molecule has 1 aliphatic heterocycles. The van der Waals surface area contributed by atoms with Crippen molar-refractivity contribution in [1.82, 2.24) is 9.47 Å². The minimum Gasteiger partial charge on any atom is -0.503 e. The van der Waals surface area contributed by atoms with Gasteiger partial charge in [0.15, 0.2) is 17.2 Å². The second-order valence-electron chi connectivity index (χ2n) is 7.69. The Hall–Kier alpha value is -2.60. The molecule has 6 nitrogen and oxygen atoms in total. The summed E-state index contributed by atoms with van der Waals surface area (Å²) in [7, 11) is 0. The zero-order valence-electron chi connectivity index (χ0n) is 16.2. The van der Waals surface area contributed by atoms with E-state index in [9.17, 15) is 19.5 Å². The van der Waals surface area contributed by atoms with Crippen LogP contribution in [-0.2, 0) is 13.1 Å². The maximum atomic E-state index is 12.9. The summed E-state index contributed by atoms with van der Waals surface area (Å²) in [5.74, 6) is -1.45. The lowest BCUT2D eigenvalue weighted by Gasteiger charge is -2.31. The number of carbonyl (C=O) groups excluding carboxylic acids is 2. The number of Topliss-reactive ketones (excluding diaryl/α,β-unsaturated/α-hetero) is 1. The third kappa shape index (κ3) is 3.56. The molecule has 0 fully saturated rings. The van der Waals surface area contributed by atoms with E-state index in [1.54, 1.807) is 36.9 Å². The van der Waals surface area contributed by atoms with Crippen molar-refractivity contribution in [2.24, 2.45) is 5.41 Å². The van der Waals surface area contributed by atoms with Crippen molar-refractivity contribution in [2.75, 3.05) is 6.54 Å². The second-order valence-corrected chi connectivity index (χ2v) is 8.12. The molecule has 0 saturated heterocycles. The van der Waals surface area contributed by atoms with Crippen LogP contribution in [0.15, 0.2) is 35.3 Å². The number of halogens is 1. The highest BCUT2D eigenvalue weighted by Crippen LogP contribution is 2.27. The third-order valence-electron chi connectivity index (χ3n) is 5.36. The van der Waals surface area contributed by atoms with Gasteiger partial charge in [-0.3, -0.25) is 14.4 Å². The van der Waals surface area contributed by atoms with E-state index in [1.807, 2.05) is 13.0 Å². The van der Waals surface area contributed by atoms with Crippen molar-refractivity contribution in [3.63, 3.8) is 0 Å². The number of benzene rings is 1. The molecule has 1 aromatic heterocycles. The molecule has 1 amide bonds. The molecule has 1 aliphatic rings. The van der Waals surface area contributed by atoms with E-state index < -0.39 is 22.5 Å². The molecule has 0 saturated carbocycles. The van der Waals surface area contributed by atoms with Crippen molar-refractivity contribution in [3.05, 3.63) is 62.5 Å². The standard InChI is InChI=1S/C21H23ClN2O4/c1-4-21(2,3)19(27)15-12-23-8-9-24(11-13-6-5-7-14(22)10-13)20(28)16(23)18(26)17(15)25/h5-7,10,12,26H,4,8-9,11H2,1-3H3. The lowest BCUT2D eigenvalue weighted by molar-refractivity contribution is 0.0680. The molecular weight excluding hydrogens is 380 g/mol. The van der Waals surface area contributed by atoms with E-state index in [2.05, 4.69) is 0 Å². The maximum Gasteiger partial charge on any atom is 0.274 e. The molecule has 28 heavy (non-hydrogen) atoms. The first-order chi connectivity index (χ1) is 13.2. The van der Waals surface area contributed by atoms with Crippen molar-refractivity contribution in [1.29, 1.82) is 0 Å². The van der Waals surface area contributed by atoms with Crippen molar-refractivity contribution < 1.29 is 14.7 Å². The highest BCUT2D eigenvalue weighted by Gasteiger charge is 2.34. The molecule has 1 aromatic carbocycles. The number of rotatable bonds is 5. The van der Waals surface area contributed by atoms with E-state index in [0.717, 1.165) is 5.56 Å². The summed E-state index contributed by atoms with van der Waals surface area (Å²) in [5, 5.41) is 11.0. The van der Waals surface area contributed by atoms with Crippen LogP contribution in [0.4, 0.5) is 0 Å². The number of aromatic hydroxyl groups is 1. The average Bonchev–Trinajstić information content (AvgIpc) is 2.66. The summed E-state index contributed by atoms with van der Waals surface area (Å²) in [4.78, 5) is 39.8. The van der Waals surface area contributed by atoms with Gasteiger partial charge in [0.1, 0.15) is 0 Å². The van der Waals surface area contributed by atoms with Crippen LogP contribution < -0.4 is 5.43 Å². The second kappa shape index (κ2) is 7.43. The van der Waals surface area contributed by atoms with Gasteiger partial charge in [0.2, 0.25) is 5.43 Å². The monoisotopic (exact) mass is 402 g/mol. The van der Waals surface area contributed by atoms with Crippen molar-refractivity contribution in [3.8, 4) is 5.75 Å². The van der Waals surface area contributed by atoms with E-state index >= 15 is 0 Å². The zero-order chi connectivity index (χ0) is 20.6. The fourth-order valence-corrected chi connectivity index (χ4v) is 3.44. The molecule has 0 spiro atoms. The van der Waals surface area contributed by atoms with Crippen LogP contribution in [0.3, 0.4) is 0 Å². The molecule has 1 N–H and O–H groups in total. The number of amides is 1. The van der Waals surface area contributed by atoms with Gasteiger partial charge in [-0.2, -0.15) is 0 Å². The quantitative estimate of drug-likeness (QED) is 0.776. The topological polar surface area (TPSA) is 79.6 Å². The summed E-state index contributed by atoms with van der Waals surface area (Å²) in [6, 6.07) is 7.18. The van der Waals surface area contributed by atoms with Gasteiger partial charge in [0.05, 0.1) is 5.56 Å². The Bertz CT molecular complexity index is 1010. The van der Waals surface area contributed by atoms with Gasteiger partial charge in [-0.25, -0.2) is 0 Å². The minimum absolute atomic E-state index is 0.0795. The van der Waals surface area contributed by atoms with E-state index in [4.69, 9.17) is 11.6 Å². The number of carbonyl (C=O) groups is 2. The highest BCUT2D eigenvalue weighted by molar-refractivity contribution is 6.30. The van der Waals surface area contributed by atoms with Crippen LogP contribution in [0, 0.1) is 5.41 Å². The Labute approximate surface area is 168 Å². The molecule has 148 valence electrons. The van der Waals surface area contributed by atoms with E-state index in [0.29, 0.717) is 31.1 Å². The number of pyridine rings is 1. The lowest BCUT2D eigenvalue weighted by atomic mass is 9.82. The Morgan fingerprint density at radius 2 is 1.96 bits per heavy atom. The Morgan fingerprint density at radius 1 is 1.25 bits per heavy atom. The molecule has 2 aromatic rings. The first kappa shape index (κ1) is 20.1. The molecule has 0 radical (unpaired) electrons. The van der Waals surface area contributed by atoms with Gasteiger partial charge in [-0.15, -0.1) is 0 Å². The minimum atomic E-state index is -0.796. The number of ketones is 1. The summed E-state index contributed by atoms with van der Waals surface area (Å²) < 4.78 is 1.51. The molecule has 0 bridgehead atoms. The fraction of sp³-hybridized carbons (Fsp3) is 0.381. The molecule has 0 aliphatic carbocycles. The van der Waals surface area contributed by atoms with Crippen molar-refractivity contribution in [2.45, 2.75) is 40.3 Å². The van der Waals surface area contributed by atoms with Crippen LogP contribution >= 0.6 is 11.6 Å². The van der Waals surface area contributed by atoms with Gasteiger partial charge in [0.25, 0.3) is 5.91 Å². The molecule has 0 unspecified atom stereocenters. The van der Waals surface area contributed by atoms with Crippen LogP contribution in [0.1, 0.15) is 53.6 Å². The van der Waals surface area contributed by atoms with Crippen molar-refractivity contribution >= 4 is 23.3 Å². The number of aromatic nitrogens is 1. The predicted octanol–water partition coefficient (Wildman–Crippen LogP) is 3.48. The first-order valence-electron chi connectivity index (χ1n) is 9.20. The van der Waals surface area contributed by atoms with Gasteiger partial charge < -0.3 is 14.6 Å². The number of fused-ring (bicyclic) bond motifs is 1. The molecular formula is C21H23ClN2O4. The smallest absolute Gasteiger partial charge is 0.274 e. The molecule has 2 heterocycles. The van der Waals surface area contributed by atoms with Crippen LogP contribution in [0.25, 0.3) is 0 Å². The molecule has 7 heteroatoms. The van der Waals surface area contributed by atoms with Gasteiger partial charge >= 0.3 is 0 Å². The Kier molecular flexibility index (Phi) is 5.35. The average molecular weight is 403 g/mol. The Balaban J connectivity index is 1.97. The summed E-state index contributed by atoms with van der Waals surface area (Å²) in [6.45, 7) is 6.47. The zero-order valence-corrected chi connectivity index (χ0v) is 16.9. The van der Waals surface area contributed by atoms with Crippen LogP contribution in [0.2, 0.25) is 5.02 Å². The van der Waals surface area contributed by atoms with E-state index in [1.165, 1.54) is 10.8 Å². The molecule has 0 atom stereocenters. The first-order valence-corrected chi connectivity index (χ1v) is 9.58. The predicted molar refractivity (Wildman–Crippen MR) is 107 cm³/mol. The van der Waals surface area contributed by atoms with Crippen LogP contribution in [0.5, 0.6) is 5.75 Å². The SMILES string of the molecule is CCC(C)(C)C(=O)c1cn2c(c(O)c1=O)C(=O)N(Cc1cccc(Cl)c1)CC2. The number of hydrogen-bond acceptors (Lipinski definition) is 4. The van der Waals surface area contributed by atoms with Gasteiger partial charge in [-0.05, 0) is 24.1 Å². The number of nitrogens with zero attached hydrogens (tertiary/aromatic N) is 2. The summed E-state index contributed by atoms with van der Waals surface area (Å²) in [6.07, 6.45) is 1.96. The highest BCUT2D eigenvalue weighted by atomic mass is 35.5.